The maximum atomic E-state index is 14.9. The van der Waals surface area contributed by atoms with Crippen LogP contribution in [0.2, 0.25) is 0 Å². The zero-order valence-corrected chi connectivity index (χ0v) is 74.3. The molecule has 680 valence electrons. The number of aliphatic hydroxyl groups is 3. The number of carbonyl (C=O) groups is 11. The van der Waals surface area contributed by atoms with Crippen LogP contribution in [0.5, 0.6) is 0 Å². The first-order valence-corrected chi connectivity index (χ1v) is 42.8. The predicted molar refractivity (Wildman–Crippen MR) is 459 cm³/mol. The molecule has 0 spiro atoms. The van der Waals surface area contributed by atoms with Crippen LogP contribution in [0.3, 0.4) is 0 Å². The normalized spacial score (nSPS) is 16.6. The topological polar surface area (TPSA) is 442 Å². The van der Waals surface area contributed by atoms with E-state index < -0.39 is 132 Å². The molecule has 12 atom stereocenters. The van der Waals surface area contributed by atoms with E-state index in [0.717, 1.165) is 16.7 Å². The average molecular weight is 1710 g/mol. The van der Waals surface area contributed by atoms with Gasteiger partial charge >= 0.3 is 12.1 Å². The molecule has 2 fully saturated rings. The van der Waals surface area contributed by atoms with Crippen molar-refractivity contribution in [1.82, 2.24) is 71.1 Å². The summed E-state index contributed by atoms with van der Waals surface area (Å²) in [6.45, 7) is 20.7. The molecule has 2 saturated heterocycles. The van der Waals surface area contributed by atoms with Crippen LogP contribution in [0.4, 0.5) is 15.3 Å². The number of benzene rings is 2. The number of primary amides is 1. The molecule has 2 aliphatic rings. The van der Waals surface area contributed by atoms with Gasteiger partial charge in [-0.15, -0.1) is 0 Å². The number of aryl methyl sites for hydroxylation is 1. The Kier molecular flexibility index (Phi) is 42.3. The Bertz CT molecular complexity index is 3980. The number of piperidine rings is 1. The number of nitrogens with one attached hydrogen (secondary N) is 7. The SMILES string of the molecule is CC[C@H](C)[C@@H]([C@@H](CC(=O)N1CCC[C@H]1[C@H](OC)[C@@H](C)C(=O)N[C@H](C)[C@@H](O)c1ccccc1)OC)N(C)C(=O)[C@@H](NC(=O)[C@H](C(C)C)N(C)C(=O)OCc1ccc(NC(=O)[C@H](CCCNC(N)=O)NC(=O)[C@@H](NC(=O)CCC(=O)N(CCOCCOCCC(O)O)C2CCN(C(=O)CCn3c(CN(C)NC)cc4cccnc43)CC2)C(C)C)cc1)C(C)C. The number of urea groups is 1. The van der Waals surface area contributed by atoms with Crippen LogP contribution in [-0.4, -0.2) is 288 Å². The minimum absolute atomic E-state index is 0.0181. The maximum absolute atomic E-state index is 14.9. The Labute approximate surface area is 718 Å². The first-order chi connectivity index (χ1) is 58.0. The summed E-state index contributed by atoms with van der Waals surface area (Å²) in [6, 6.07) is 13.9. The molecule has 0 unspecified atom stereocenters. The van der Waals surface area contributed by atoms with E-state index in [1.165, 1.54) is 26.2 Å². The third-order valence-corrected chi connectivity index (χ3v) is 23.1. The monoisotopic (exact) mass is 1710 g/mol. The van der Waals surface area contributed by atoms with Crippen molar-refractivity contribution in [2.45, 2.75) is 239 Å². The van der Waals surface area contributed by atoms with Gasteiger partial charge in [-0.1, -0.05) is 111 Å². The summed E-state index contributed by atoms with van der Waals surface area (Å²) in [5.74, 6) is -6.26. The number of aliphatic hydroxyl groups excluding tert-OH is 2. The number of hydrogen-bond acceptors (Lipinski definition) is 22. The second-order valence-electron chi connectivity index (χ2n) is 33.0. The molecule has 35 heteroatoms. The van der Waals surface area contributed by atoms with Gasteiger partial charge in [-0.05, 0) is 118 Å². The van der Waals surface area contributed by atoms with Crippen molar-refractivity contribution in [1.29, 1.82) is 0 Å². The first-order valence-electron chi connectivity index (χ1n) is 42.8. The van der Waals surface area contributed by atoms with E-state index in [4.69, 9.17) is 29.4 Å². The lowest BCUT2D eigenvalue weighted by molar-refractivity contribution is -0.148. The number of carbonyl (C=O) groups excluding carboxylic acids is 11. The molecule has 4 heterocycles. The summed E-state index contributed by atoms with van der Waals surface area (Å²) in [5, 5.41) is 49.0. The lowest BCUT2D eigenvalue weighted by Crippen LogP contribution is -2.60. The molecule has 6 rings (SSSR count). The number of methoxy groups -OCH3 is 2. The Balaban J connectivity index is 1.04. The van der Waals surface area contributed by atoms with Crippen LogP contribution >= 0.6 is 0 Å². The van der Waals surface area contributed by atoms with Crippen LogP contribution in [0, 0.1) is 29.6 Å². The fraction of sp³-hybridized carbons (Fsp3) is 0.655. The fourth-order valence-corrected chi connectivity index (χ4v) is 15.9. The molecule has 2 aromatic carbocycles. The lowest BCUT2D eigenvalue weighted by Gasteiger charge is -2.41. The standard InChI is InChI=1S/C87H138N16O19/c1-17-57(8)77(68(118-15)51-72(107)103-41-23-28-67(103)79(119-16)58(9)81(111)92-59(10)78(110)61-24-19-18-20-25-61)98(13)85(115)75(55(4)5)96-84(114)76(56(6)7)99(14)87(117)122-53-60-29-31-63(32-30-60)93-82(112)66(27-22-40-91-86(88)116)94-83(113)74(54(2)3)95-69(104)33-34-71(106)101(45-47-121-49-48-120-46-38-73(108)109)64-35-42-100(43-36-64)70(105)37-44-102-65(52-97(12)89-11)50-62-26-21-39-90-80(62)102/h18-21,24-26,29-32,39,50,54-59,64,66-68,73-79,89,108-110H,17,22-23,27-28,33-38,40-49,51-53H2,1-16H3,(H,92,111)(H,93,112)(H,94,113)(H,95,104)(H,96,114)(H3,88,91,116)/t57-,58+,59+,66-,67-,68+,74-,75-,76-,77-,78+,79+/m0/s1. The molecule has 12 amide bonds. The van der Waals surface area contributed by atoms with Crippen molar-refractivity contribution in [2.24, 2.45) is 35.3 Å². The van der Waals surface area contributed by atoms with Gasteiger partial charge in [0.2, 0.25) is 53.2 Å². The van der Waals surface area contributed by atoms with Crippen molar-refractivity contribution >= 4 is 82.0 Å². The number of likely N-dealkylation sites (tertiary alicyclic amines) is 2. The Morgan fingerprint density at radius 1 is 0.680 bits per heavy atom. The molecule has 2 aliphatic heterocycles. The zero-order chi connectivity index (χ0) is 90.0. The summed E-state index contributed by atoms with van der Waals surface area (Å²) in [6.07, 6.45) is -0.427. The van der Waals surface area contributed by atoms with Gasteiger partial charge in [0.25, 0.3) is 0 Å². The summed E-state index contributed by atoms with van der Waals surface area (Å²) >= 11 is 0. The van der Waals surface area contributed by atoms with Gasteiger partial charge in [-0.2, -0.15) is 0 Å². The predicted octanol–water partition coefficient (Wildman–Crippen LogP) is 4.93. The highest BCUT2D eigenvalue weighted by atomic mass is 16.6. The summed E-state index contributed by atoms with van der Waals surface area (Å²) < 4.78 is 31.2. The molecule has 2 aromatic heterocycles. The molecule has 4 aromatic rings. The molecule has 0 saturated carbocycles. The second kappa shape index (κ2) is 51.0. The van der Waals surface area contributed by atoms with Crippen molar-refractivity contribution in [2.75, 3.05) is 107 Å². The summed E-state index contributed by atoms with van der Waals surface area (Å²) in [4.78, 5) is 166. The minimum Gasteiger partial charge on any atom is -0.445 e. The molecule has 35 nitrogen and oxygen atoms in total. The number of likely N-dealkylation sites (N-methyl/N-ethyl adjacent to an activating group) is 2. The fourth-order valence-electron chi connectivity index (χ4n) is 15.9. The highest BCUT2D eigenvalue weighted by Crippen LogP contribution is 2.32. The maximum Gasteiger partial charge on any atom is 0.410 e. The van der Waals surface area contributed by atoms with E-state index in [1.807, 2.05) is 63.3 Å². The van der Waals surface area contributed by atoms with Crippen molar-refractivity contribution in [3.63, 3.8) is 0 Å². The molecule has 0 radical (unpaired) electrons. The number of hydrazine groups is 1. The third kappa shape index (κ3) is 30.5. The lowest BCUT2D eigenvalue weighted by atomic mass is 9.89. The van der Waals surface area contributed by atoms with E-state index in [-0.39, 0.29) is 127 Å². The van der Waals surface area contributed by atoms with E-state index >= 15 is 0 Å². The quantitative estimate of drug-likeness (QED) is 0.0158. The number of nitrogens with zero attached hydrogens (tertiary/aromatic N) is 8. The van der Waals surface area contributed by atoms with Gasteiger partial charge in [0, 0.05) is 129 Å². The molecule has 0 bridgehead atoms. The van der Waals surface area contributed by atoms with Crippen molar-refractivity contribution in [3.05, 3.63) is 95.8 Å². The van der Waals surface area contributed by atoms with Crippen LogP contribution in [0.1, 0.15) is 169 Å². The number of ether oxygens (including phenoxy) is 5. The van der Waals surface area contributed by atoms with E-state index in [2.05, 4.69) is 52.9 Å². The van der Waals surface area contributed by atoms with Gasteiger partial charge < -0.3 is 101 Å². The van der Waals surface area contributed by atoms with Crippen LogP contribution < -0.4 is 43.1 Å². The highest BCUT2D eigenvalue weighted by molar-refractivity contribution is 5.99. The minimum atomic E-state index is -1.50. The van der Waals surface area contributed by atoms with E-state index in [9.17, 15) is 68.1 Å². The smallest absolute Gasteiger partial charge is 0.410 e. The molecule has 12 N–H and O–H groups in total. The zero-order valence-electron chi connectivity index (χ0n) is 74.3. The summed E-state index contributed by atoms with van der Waals surface area (Å²) in [5.41, 5.74) is 11.7. The van der Waals surface area contributed by atoms with Gasteiger partial charge in [0.1, 0.15) is 36.4 Å². The van der Waals surface area contributed by atoms with Crippen LogP contribution in [0.25, 0.3) is 11.0 Å². The Hall–Kier alpha value is -9.46. The largest absolute Gasteiger partial charge is 0.445 e. The van der Waals surface area contributed by atoms with Crippen LogP contribution in [-0.2, 0) is 86.5 Å². The number of rotatable bonds is 51. The number of anilines is 1. The molecular weight excluding hydrogens is 1570 g/mol. The number of hydrogen-bond donors (Lipinski definition) is 11. The van der Waals surface area contributed by atoms with Crippen molar-refractivity contribution in [3.8, 4) is 0 Å². The second-order valence-corrected chi connectivity index (χ2v) is 33.0. The number of fused-ring (bicyclic) bond motifs is 1. The Morgan fingerprint density at radius 3 is 1.97 bits per heavy atom. The average Bonchev–Trinajstić information content (AvgIpc) is 1.64. The molecule has 0 aliphatic carbocycles. The van der Waals surface area contributed by atoms with Crippen molar-refractivity contribution < 1.29 is 91.7 Å². The van der Waals surface area contributed by atoms with Crippen LogP contribution in [0.15, 0.2) is 79.0 Å². The van der Waals surface area contributed by atoms with Gasteiger partial charge in [0.15, 0.2) is 6.29 Å². The summed E-state index contributed by atoms with van der Waals surface area (Å²) in [7, 11) is 9.82. The van der Waals surface area contributed by atoms with Gasteiger partial charge in [-0.25, -0.2) is 19.6 Å². The Morgan fingerprint density at radius 2 is 1.35 bits per heavy atom. The van der Waals surface area contributed by atoms with E-state index in [1.54, 1.807) is 125 Å². The molecular formula is C87H138N16O19. The third-order valence-electron chi connectivity index (χ3n) is 23.1. The van der Waals surface area contributed by atoms with Gasteiger partial charge in [0.05, 0.1) is 81.7 Å². The van der Waals surface area contributed by atoms with Gasteiger partial charge in [-0.3, -0.25) is 53.5 Å². The van der Waals surface area contributed by atoms with E-state index in [0.29, 0.717) is 81.6 Å². The molecule has 122 heavy (non-hydrogen) atoms. The highest BCUT2D eigenvalue weighted by Gasteiger charge is 2.45. The number of nitrogens with two attached hydrogens (primary N) is 1. The number of pyridine rings is 1. The number of aromatic nitrogens is 2. The number of amides is 12. The first kappa shape index (κ1) is 101.